The lowest BCUT2D eigenvalue weighted by atomic mass is 10.2. The van der Waals surface area contributed by atoms with Gasteiger partial charge in [0.05, 0.1) is 24.6 Å². The van der Waals surface area contributed by atoms with Crippen molar-refractivity contribution in [3.8, 4) is 0 Å². The molecule has 0 aliphatic heterocycles. The molecule has 8 heteroatoms. The summed E-state index contributed by atoms with van der Waals surface area (Å²) in [5, 5.41) is -0.296. The number of hydrogen-bond acceptors (Lipinski definition) is 5. The van der Waals surface area contributed by atoms with Crippen molar-refractivity contribution in [3.63, 3.8) is 0 Å². The van der Waals surface area contributed by atoms with Gasteiger partial charge >= 0.3 is 5.97 Å². The summed E-state index contributed by atoms with van der Waals surface area (Å²) in [4.78, 5) is 11.2. The first-order valence-corrected chi connectivity index (χ1v) is 6.86. The first kappa shape index (κ1) is 14.1. The number of benzene rings is 1. The summed E-state index contributed by atoms with van der Waals surface area (Å²) in [6.45, 7) is 0. The van der Waals surface area contributed by atoms with E-state index in [0.717, 1.165) is 19.2 Å². The first-order valence-electron chi connectivity index (χ1n) is 5.38. The second-order valence-electron chi connectivity index (χ2n) is 3.72. The highest BCUT2D eigenvalue weighted by Gasteiger charge is 2.19. The number of carbonyl (C=O) groups is 1. The van der Waals surface area contributed by atoms with E-state index in [0.29, 0.717) is 0 Å². The summed E-state index contributed by atoms with van der Waals surface area (Å²) < 4.78 is 48.6. The lowest BCUT2D eigenvalue weighted by Crippen LogP contribution is -2.13. The molecular formula is C12H10FNO5S. The molecule has 1 aromatic carbocycles. The van der Waals surface area contributed by atoms with Crippen LogP contribution in [0.4, 0.5) is 10.1 Å². The van der Waals surface area contributed by atoms with Crippen LogP contribution in [0.5, 0.6) is 0 Å². The van der Waals surface area contributed by atoms with Crippen LogP contribution in [0.15, 0.2) is 46.1 Å². The van der Waals surface area contributed by atoms with Crippen molar-refractivity contribution in [1.29, 1.82) is 0 Å². The normalized spacial score (nSPS) is 11.1. The third kappa shape index (κ3) is 2.80. The summed E-state index contributed by atoms with van der Waals surface area (Å²) in [6.07, 6.45) is 1.20. The van der Waals surface area contributed by atoms with Crippen LogP contribution in [0.1, 0.15) is 10.4 Å². The van der Waals surface area contributed by atoms with Gasteiger partial charge in [-0.25, -0.2) is 9.18 Å². The molecule has 0 saturated heterocycles. The minimum absolute atomic E-state index is 0.0356. The van der Waals surface area contributed by atoms with Crippen molar-refractivity contribution in [3.05, 3.63) is 48.0 Å². The number of ether oxygens (including phenoxy) is 1. The predicted molar refractivity (Wildman–Crippen MR) is 67.3 cm³/mol. The van der Waals surface area contributed by atoms with Crippen molar-refractivity contribution >= 4 is 21.7 Å². The molecule has 2 rings (SSSR count). The highest BCUT2D eigenvalue weighted by molar-refractivity contribution is 7.92. The molecule has 1 N–H and O–H groups in total. The topological polar surface area (TPSA) is 85.6 Å². The van der Waals surface area contributed by atoms with Gasteiger partial charge in [0.25, 0.3) is 10.0 Å². The number of hydrogen-bond donors (Lipinski definition) is 1. The van der Waals surface area contributed by atoms with Crippen LogP contribution >= 0.6 is 0 Å². The van der Waals surface area contributed by atoms with Gasteiger partial charge < -0.3 is 9.15 Å². The fourth-order valence-electron chi connectivity index (χ4n) is 1.48. The molecule has 0 saturated carbocycles. The Labute approximate surface area is 114 Å². The van der Waals surface area contributed by atoms with Gasteiger partial charge in [0, 0.05) is 0 Å². The van der Waals surface area contributed by atoms with E-state index in [1.54, 1.807) is 0 Å². The number of furan rings is 1. The Morgan fingerprint density at radius 1 is 1.35 bits per heavy atom. The van der Waals surface area contributed by atoms with Crippen LogP contribution in [0.3, 0.4) is 0 Å². The van der Waals surface area contributed by atoms with Crippen molar-refractivity contribution in [2.24, 2.45) is 0 Å². The van der Waals surface area contributed by atoms with E-state index >= 15 is 0 Å². The van der Waals surface area contributed by atoms with Gasteiger partial charge in [-0.05, 0) is 30.3 Å². The predicted octanol–water partition coefficient (Wildman–Crippen LogP) is 2.01. The first-order chi connectivity index (χ1) is 9.44. The van der Waals surface area contributed by atoms with Gasteiger partial charge in [0.15, 0.2) is 0 Å². The molecule has 0 aliphatic rings. The average Bonchev–Trinajstić information content (AvgIpc) is 2.92. The zero-order valence-corrected chi connectivity index (χ0v) is 11.1. The van der Waals surface area contributed by atoms with E-state index in [4.69, 9.17) is 4.42 Å². The molecule has 0 fully saturated rings. The number of esters is 1. The van der Waals surface area contributed by atoms with E-state index in [1.165, 1.54) is 24.5 Å². The van der Waals surface area contributed by atoms with E-state index in [-0.39, 0.29) is 16.3 Å². The smallest absolute Gasteiger partial charge is 0.340 e. The zero-order chi connectivity index (χ0) is 14.8. The summed E-state index contributed by atoms with van der Waals surface area (Å²) in [5.41, 5.74) is -0.319. The van der Waals surface area contributed by atoms with Crippen LogP contribution < -0.4 is 4.72 Å². The number of carbonyl (C=O) groups excluding carboxylic acids is 1. The second kappa shape index (κ2) is 5.33. The molecule has 0 spiro atoms. The van der Waals surface area contributed by atoms with E-state index in [1.807, 2.05) is 0 Å². The number of methoxy groups -OCH3 is 1. The fourth-order valence-corrected chi connectivity index (χ4v) is 2.45. The fraction of sp³-hybridized carbons (Fsp3) is 0.0833. The number of anilines is 1. The summed E-state index contributed by atoms with van der Waals surface area (Å²) in [7, 11) is -2.80. The summed E-state index contributed by atoms with van der Waals surface area (Å²) >= 11 is 0. The molecule has 1 aromatic heterocycles. The van der Waals surface area contributed by atoms with E-state index in [9.17, 15) is 17.6 Å². The van der Waals surface area contributed by atoms with Crippen LogP contribution in [-0.2, 0) is 14.8 Å². The average molecular weight is 299 g/mol. The maximum Gasteiger partial charge on any atom is 0.340 e. The van der Waals surface area contributed by atoms with Gasteiger partial charge in [-0.15, -0.1) is 0 Å². The SMILES string of the molecule is COC(=O)c1ccc(NS(=O)(=O)c2ccco2)cc1F. The van der Waals surface area contributed by atoms with Crippen molar-refractivity contribution in [2.75, 3.05) is 11.8 Å². The molecule has 0 aliphatic carbocycles. The van der Waals surface area contributed by atoms with Crippen molar-refractivity contribution in [1.82, 2.24) is 0 Å². The number of sulfonamides is 1. The minimum Gasteiger partial charge on any atom is -0.465 e. The van der Waals surface area contributed by atoms with Crippen LogP contribution in [0.25, 0.3) is 0 Å². The Morgan fingerprint density at radius 3 is 2.65 bits per heavy atom. The Morgan fingerprint density at radius 2 is 2.10 bits per heavy atom. The van der Waals surface area contributed by atoms with Crippen LogP contribution in [0.2, 0.25) is 0 Å². The number of nitrogens with one attached hydrogen (secondary N) is 1. The molecule has 0 radical (unpaired) electrons. The zero-order valence-electron chi connectivity index (χ0n) is 10.3. The Bertz CT molecular complexity index is 724. The molecular weight excluding hydrogens is 289 g/mol. The van der Waals surface area contributed by atoms with Crippen molar-refractivity contribution < 1.29 is 26.8 Å². The molecule has 0 atom stereocenters. The van der Waals surface area contributed by atoms with Gasteiger partial charge in [-0.1, -0.05) is 0 Å². The highest BCUT2D eigenvalue weighted by Crippen LogP contribution is 2.19. The van der Waals surface area contributed by atoms with Crippen molar-refractivity contribution in [2.45, 2.75) is 5.09 Å². The second-order valence-corrected chi connectivity index (χ2v) is 5.34. The maximum absolute atomic E-state index is 13.6. The Balaban J connectivity index is 2.28. The maximum atomic E-state index is 13.6. The molecule has 20 heavy (non-hydrogen) atoms. The third-order valence-electron chi connectivity index (χ3n) is 2.39. The molecule has 1 heterocycles. The van der Waals surface area contributed by atoms with Crippen LogP contribution in [0, 0.1) is 5.82 Å². The Hall–Kier alpha value is -2.35. The van der Waals surface area contributed by atoms with E-state index in [2.05, 4.69) is 9.46 Å². The summed E-state index contributed by atoms with van der Waals surface area (Å²) in [5.74, 6) is -1.74. The molecule has 6 nitrogen and oxygen atoms in total. The third-order valence-corrected chi connectivity index (χ3v) is 3.65. The number of rotatable bonds is 4. The van der Waals surface area contributed by atoms with E-state index < -0.39 is 21.8 Å². The molecule has 0 unspecified atom stereocenters. The monoisotopic (exact) mass is 299 g/mol. The largest absolute Gasteiger partial charge is 0.465 e. The summed E-state index contributed by atoms with van der Waals surface area (Å²) in [6, 6.07) is 5.92. The van der Waals surface area contributed by atoms with Crippen LogP contribution in [-0.4, -0.2) is 21.5 Å². The molecule has 0 bridgehead atoms. The molecule has 106 valence electrons. The lowest BCUT2D eigenvalue weighted by molar-refractivity contribution is 0.0595. The quantitative estimate of drug-likeness (QED) is 0.873. The van der Waals surface area contributed by atoms with Gasteiger partial charge in [-0.3, -0.25) is 4.72 Å². The highest BCUT2D eigenvalue weighted by atomic mass is 32.2. The van der Waals surface area contributed by atoms with Gasteiger partial charge in [0.2, 0.25) is 5.09 Å². The standard InChI is InChI=1S/C12H10FNO5S/c1-18-12(15)9-5-4-8(7-10(9)13)14-20(16,17)11-3-2-6-19-11/h2-7,14H,1H3. The lowest BCUT2D eigenvalue weighted by Gasteiger charge is -2.07. The minimum atomic E-state index is -3.92. The molecule has 2 aromatic rings. The number of halogens is 1. The van der Waals surface area contributed by atoms with Gasteiger partial charge in [-0.2, -0.15) is 8.42 Å². The molecule has 0 amide bonds. The van der Waals surface area contributed by atoms with Gasteiger partial charge in [0.1, 0.15) is 5.82 Å². The Kier molecular flexibility index (Phi) is 3.75.